The highest BCUT2D eigenvalue weighted by molar-refractivity contribution is 5.89. The quantitative estimate of drug-likeness (QED) is 0.794. The summed E-state index contributed by atoms with van der Waals surface area (Å²) in [6, 6.07) is 1.67. The number of aromatic nitrogens is 2. The monoisotopic (exact) mass is 394 g/mol. The van der Waals surface area contributed by atoms with E-state index in [0.717, 1.165) is 25.9 Å². The highest BCUT2D eigenvalue weighted by atomic mass is 19.3. The van der Waals surface area contributed by atoms with Crippen molar-refractivity contribution in [2.75, 3.05) is 32.8 Å². The van der Waals surface area contributed by atoms with Gasteiger partial charge in [-0.3, -0.25) is 19.5 Å². The first-order chi connectivity index (χ1) is 13.6. The van der Waals surface area contributed by atoms with Crippen LogP contribution in [0.5, 0.6) is 0 Å². The summed E-state index contributed by atoms with van der Waals surface area (Å²) in [7, 11) is 0. The average Bonchev–Trinajstić information content (AvgIpc) is 3.21. The SMILES string of the molecule is NC1N=CC=C(c2ccncn2)C1(OC(F)F)N1CCCC1N1CCOCC1. The summed E-state index contributed by atoms with van der Waals surface area (Å²) in [5, 5.41) is 0. The minimum atomic E-state index is -3.02. The Labute approximate surface area is 162 Å². The highest BCUT2D eigenvalue weighted by Gasteiger charge is 2.55. The maximum atomic E-state index is 13.7. The van der Waals surface area contributed by atoms with Crippen LogP contribution in [-0.2, 0) is 9.47 Å². The number of halogens is 2. The molecule has 3 unspecified atom stereocenters. The van der Waals surface area contributed by atoms with E-state index < -0.39 is 18.5 Å². The van der Waals surface area contributed by atoms with E-state index in [1.54, 1.807) is 18.3 Å². The molecule has 2 saturated heterocycles. The van der Waals surface area contributed by atoms with Gasteiger partial charge in [0.1, 0.15) is 12.5 Å². The van der Waals surface area contributed by atoms with Crippen LogP contribution in [0.3, 0.4) is 0 Å². The maximum absolute atomic E-state index is 13.7. The number of alkyl halides is 2. The molecule has 0 amide bonds. The summed E-state index contributed by atoms with van der Waals surface area (Å²) in [5.41, 5.74) is 5.68. The van der Waals surface area contributed by atoms with Crippen molar-refractivity contribution in [2.24, 2.45) is 10.7 Å². The van der Waals surface area contributed by atoms with E-state index in [4.69, 9.17) is 15.2 Å². The number of nitrogens with two attached hydrogens (primary N) is 1. The zero-order chi connectivity index (χ0) is 19.6. The van der Waals surface area contributed by atoms with E-state index >= 15 is 0 Å². The second-order valence-corrected chi connectivity index (χ2v) is 6.96. The number of hydrogen-bond acceptors (Lipinski definition) is 8. The molecule has 0 aromatic carbocycles. The van der Waals surface area contributed by atoms with Crippen molar-refractivity contribution >= 4 is 11.8 Å². The second kappa shape index (κ2) is 8.26. The van der Waals surface area contributed by atoms with Gasteiger partial charge in [0.15, 0.2) is 5.72 Å². The lowest BCUT2D eigenvalue weighted by molar-refractivity contribution is -0.255. The van der Waals surface area contributed by atoms with E-state index in [0.29, 0.717) is 31.0 Å². The molecule has 1 aromatic rings. The average molecular weight is 394 g/mol. The molecule has 0 bridgehead atoms. The molecule has 3 aliphatic heterocycles. The molecule has 4 heterocycles. The van der Waals surface area contributed by atoms with Gasteiger partial charge in [-0.2, -0.15) is 8.78 Å². The lowest BCUT2D eigenvalue weighted by Gasteiger charge is -2.50. The molecule has 2 fully saturated rings. The van der Waals surface area contributed by atoms with Crippen LogP contribution in [0, 0.1) is 0 Å². The summed E-state index contributed by atoms with van der Waals surface area (Å²) >= 11 is 0. The Bertz CT molecular complexity index is 728. The third kappa shape index (κ3) is 3.46. The number of rotatable bonds is 5. The van der Waals surface area contributed by atoms with Crippen molar-refractivity contribution in [1.82, 2.24) is 19.8 Å². The Balaban J connectivity index is 1.78. The van der Waals surface area contributed by atoms with Gasteiger partial charge < -0.3 is 10.5 Å². The largest absolute Gasteiger partial charge is 0.379 e. The van der Waals surface area contributed by atoms with E-state index in [9.17, 15) is 8.78 Å². The normalized spacial score (nSPS) is 32.1. The second-order valence-electron chi connectivity index (χ2n) is 6.96. The Morgan fingerprint density at radius 2 is 2.11 bits per heavy atom. The number of ether oxygens (including phenoxy) is 2. The van der Waals surface area contributed by atoms with Gasteiger partial charge in [-0.15, -0.1) is 0 Å². The van der Waals surface area contributed by atoms with Crippen LogP contribution >= 0.6 is 0 Å². The summed E-state index contributed by atoms with van der Waals surface area (Å²) in [4.78, 5) is 16.6. The topological polar surface area (TPSA) is 89.1 Å². The third-order valence-corrected chi connectivity index (χ3v) is 5.52. The predicted octanol–water partition coefficient (Wildman–Crippen LogP) is 0.919. The number of dihydropyridines is 1. The van der Waals surface area contributed by atoms with E-state index in [1.165, 1.54) is 12.5 Å². The van der Waals surface area contributed by atoms with Crippen molar-refractivity contribution in [3.63, 3.8) is 0 Å². The van der Waals surface area contributed by atoms with Gasteiger partial charge in [-0.25, -0.2) is 9.97 Å². The van der Waals surface area contributed by atoms with Crippen LogP contribution in [0.2, 0.25) is 0 Å². The van der Waals surface area contributed by atoms with E-state index in [-0.39, 0.29) is 6.17 Å². The smallest absolute Gasteiger partial charge is 0.347 e. The summed E-state index contributed by atoms with van der Waals surface area (Å²) in [6.07, 6.45) is 6.70. The van der Waals surface area contributed by atoms with Gasteiger partial charge in [0, 0.05) is 37.6 Å². The molecular weight excluding hydrogens is 370 g/mol. The molecule has 28 heavy (non-hydrogen) atoms. The van der Waals surface area contributed by atoms with Gasteiger partial charge in [-0.05, 0) is 25.0 Å². The van der Waals surface area contributed by atoms with Gasteiger partial charge in [0.2, 0.25) is 0 Å². The molecule has 8 nitrogen and oxygen atoms in total. The molecule has 0 saturated carbocycles. The van der Waals surface area contributed by atoms with Crippen molar-refractivity contribution in [1.29, 1.82) is 0 Å². The molecule has 2 N–H and O–H groups in total. The Kier molecular flexibility index (Phi) is 5.74. The molecule has 0 aliphatic carbocycles. The first-order valence-corrected chi connectivity index (χ1v) is 9.43. The number of aliphatic imine (C=N–C) groups is 1. The van der Waals surface area contributed by atoms with Gasteiger partial charge in [-0.1, -0.05) is 0 Å². The molecule has 0 radical (unpaired) electrons. The molecule has 3 aliphatic rings. The van der Waals surface area contributed by atoms with Gasteiger partial charge in [0.25, 0.3) is 0 Å². The molecule has 4 rings (SSSR count). The lowest BCUT2D eigenvalue weighted by Crippen LogP contribution is -2.67. The van der Waals surface area contributed by atoms with Crippen LogP contribution in [0.15, 0.2) is 29.7 Å². The Morgan fingerprint density at radius 1 is 1.29 bits per heavy atom. The maximum Gasteiger partial charge on any atom is 0.347 e. The lowest BCUT2D eigenvalue weighted by atomic mass is 9.92. The van der Waals surface area contributed by atoms with Crippen LogP contribution in [-0.4, -0.2) is 83.5 Å². The summed E-state index contributed by atoms with van der Waals surface area (Å²) in [6.45, 7) is 0.252. The number of hydrogen-bond donors (Lipinski definition) is 1. The highest BCUT2D eigenvalue weighted by Crippen LogP contribution is 2.43. The van der Waals surface area contributed by atoms with Gasteiger partial charge >= 0.3 is 6.61 Å². The number of allylic oxidation sites excluding steroid dienone is 1. The molecule has 1 aromatic heterocycles. The standard InChI is InChI=1S/C18H24F2N6O2/c19-17(20)28-18(26-7-1-2-15(26)25-8-10-27-11-9-25)13(3-6-23-16(18)21)14-4-5-22-12-24-14/h3-6,12,15-17H,1-2,7-11,21H2. The van der Waals surface area contributed by atoms with Crippen molar-refractivity contribution in [2.45, 2.75) is 37.5 Å². The van der Waals surface area contributed by atoms with Crippen LogP contribution < -0.4 is 5.73 Å². The molecular formula is C18H24F2N6O2. The minimum absolute atomic E-state index is 0.0905. The molecule has 0 spiro atoms. The molecule has 152 valence electrons. The van der Waals surface area contributed by atoms with Crippen molar-refractivity contribution < 1.29 is 18.3 Å². The fourth-order valence-electron chi connectivity index (χ4n) is 4.36. The zero-order valence-electron chi connectivity index (χ0n) is 15.5. The summed E-state index contributed by atoms with van der Waals surface area (Å²) < 4.78 is 38.2. The van der Waals surface area contributed by atoms with E-state index in [1.807, 2.05) is 4.90 Å². The van der Waals surface area contributed by atoms with Crippen molar-refractivity contribution in [3.05, 3.63) is 30.4 Å². The summed E-state index contributed by atoms with van der Waals surface area (Å²) in [5.74, 6) is 0. The Morgan fingerprint density at radius 3 is 2.82 bits per heavy atom. The van der Waals surface area contributed by atoms with Crippen LogP contribution in [0.25, 0.3) is 5.57 Å². The first kappa shape index (κ1) is 19.5. The van der Waals surface area contributed by atoms with Gasteiger partial charge in [0.05, 0.1) is 25.1 Å². The third-order valence-electron chi connectivity index (χ3n) is 5.52. The van der Waals surface area contributed by atoms with Crippen LogP contribution in [0.4, 0.5) is 8.78 Å². The predicted molar refractivity (Wildman–Crippen MR) is 98.4 cm³/mol. The molecule has 10 heteroatoms. The molecule has 3 atom stereocenters. The number of morpholine rings is 1. The zero-order valence-corrected chi connectivity index (χ0v) is 15.5. The fraction of sp³-hybridized carbons (Fsp3) is 0.611. The number of likely N-dealkylation sites (tertiary alicyclic amines) is 1. The fourth-order valence-corrected chi connectivity index (χ4v) is 4.36. The van der Waals surface area contributed by atoms with E-state index in [2.05, 4.69) is 19.9 Å². The van der Waals surface area contributed by atoms with Crippen LogP contribution in [0.1, 0.15) is 18.5 Å². The number of nitrogens with zero attached hydrogens (tertiary/aromatic N) is 5. The Hall–Kier alpha value is -1.85. The van der Waals surface area contributed by atoms with Crippen molar-refractivity contribution in [3.8, 4) is 0 Å². The minimum Gasteiger partial charge on any atom is -0.379 e. The first-order valence-electron chi connectivity index (χ1n) is 9.43.